The van der Waals surface area contributed by atoms with Crippen molar-refractivity contribution in [3.05, 3.63) is 60.9 Å². The lowest BCUT2D eigenvalue weighted by atomic mass is 9.78. The predicted octanol–water partition coefficient (Wildman–Crippen LogP) is 4.19. The summed E-state index contributed by atoms with van der Waals surface area (Å²) in [5.41, 5.74) is 2.27. The maximum Gasteiger partial charge on any atom is 0.321 e. The van der Waals surface area contributed by atoms with E-state index in [0.717, 1.165) is 43.7 Å². The largest absolute Gasteiger partial charge is 0.495 e. The number of piperidine rings is 1. The Morgan fingerprint density at radius 1 is 0.946 bits per heavy atom. The van der Waals surface area contributed by atoms with Crippen molar-refractivity contribution in [2.45, 2.75) is 24.4 Å². The van der Waals surface area contributed by atoms with Gasteiger partial charge >= 0.3 is 6.03 Å². The van der Waals surface area contributed by atoms with Gasteiger partial charge in [-0.15, -0.1) is 0 Å². The molecule has 0 radical (unpaired) electrons. The third kappa shape index (κ3) is 5.85. The maximum atomic E-state index is 13.0. The van der Waals surface area contributed by atoms with Crippen LogP contribution >= 0.6 is 11.8 Å². The Morgan fingerprint density at radius 3 is 2.46 bits per heavy atom. The minimum atomic E-state index is -0.116. The number of urea groups is 1. The van der Waals surface area contributed by atoms with Crippen molar-refractivity contribution >= 4 is 29.4 Å². The highest BCUT2D eigenvalue weighted by Crippen LogP contribution is 2.41. The van der Waals surface area contributed by atoms with E-state index in [2.05, 4.69) is 20.3 Å². The first-order valence-corrected chi connectivity index (χ1v) is 13.4. The second-order valence-corrected chi connectivity index (χ2v) is 10.4. The quantitative estimate of drug-likeness (QED) is 0.386. The lowest BCUT2D eigenvalue weighted by molar-refractivity contribution is -0.127. The number of methoxy groups -OCH3 is 1. The molecular weight excluding hydrogens is 488 g/mol. The second-order valence-electron chi connectivity index (χ2n) is 9.41. The Labute approximate surface area is 220 Å². The molecule has 5 rings (SSSR count). The molecular formula is C27H30N6O3S. The van der Waals surface area contributed by atoms with E-state index in [9.17, 15) is 9.59 Å². The lowest BCUT2D eigenvalue weighted by Gasteiger charge is -2.39. The van der Waals surface area contributed by atoms with E-state index < -0.39 is 0 Å². The number of ether oxygens (including phenoxy) is 1. The first-order chi connectivity index (χ1) is 18.0. The summed E-state index contributed by atoms with van der Waals surface area (Å²) >= 11 is 1.35. The van der Waals surface area contributed by atoms with E-state index in [1.165, 1.54) is 11.8 Å². The molecule has 0 unspecified atom stereocenters. The number of rotatable bonds is 6. The van der Waals surface area contributed by atoms with E-state index in [0.29, 0.717) is 35.4 Å². The Balaban J connectivity index is 1.11. The maximum absolute atomic E-state index is 13.0. The SMILES string of the molecule is COc1ccccc1NC(=O)N1CCC2(CCN(C(=O)CSc3nccc(-c4ccccn4)n3)C2)CC1. The fourth-order valence-electron chi connectivity index (χ4n) is 4.97. The highest BCUT2D eigenvalue weighted by atomic mass is 32.2. The van der Waals surface area contributed by atoms with Crippen LogP contribution in [0.4, 0.5) is 10.5 Å². The van der Waals surface area contributed by atoms with E-state index >= 15 is 0 Å². The van der Waals surface area contributed by atoms with E-state index in [1.807, 2.05) is 58.3 Å². The van der Waals surface area contributed by atoms with Crippen molar-refractivity contribution in [1.82, 2.24) is 24.8 Å². The molecule has 0 saturated carbocycles. The average Bonchev–Trinajstić information content (AvgIpc) is 3.36. The fraction of sp³-hybridized carbons (Fsp3) is 0.370. The van der Waals surface area contributed by atoms with Gasteiger partial charge in [0, 0.05) is 38.6 Å². The van der Waals surface area contributed by atoms with Crippen LogP contribution in [0.3, 0.4) is 0 Å². The number of benzene rings is 1. The van der Waals surface area contributed by atoms with Gasteiger partial charge < -0.3 is 19.9 Å². The molecule has 2 fully saturated rings. The van der Waals surface area contributed by atoms with Crippen molar-refractivity contribution in [2.75, 3.05) is 44.4 Å². The van der Waals surface area contributed by atoms with Crippen LogP contribution in [-0.2, 0) is 4.79 Å². The summed E-state index contributed by atoms with van der Waals surface area (Å²) in [7, 11) is 1.59. The molecule has 1 N–H and O–H groups in total. The van der Waals surface area contributed by atoms with Gasteiger partial charge in [-0.25, -0.2) is 14.8 Å². The van der Waals surface area contributed by atoms with Gasteiger partial charge in [-0.05, 0) is 55.0 Å². The molecule has 3 amide bonds. The zero-order chi connectivity index (χ0) is 25.7. The van der Waals surface area contributed by atoms with Gasteiger partial charge in [0.25, 0.3) is 0 Å². The number of carbonyl (C=O) groups is 2. The van der Waals surface area contributed by atoms with Crippen molar-refractivity contribution in [3.8, 4) is 17.1 Å². The Kier molecular flexibility index (Phi) is 7.55. The number of hydrogen-bond donors (Lipinski definition) is 1. The first kappa shape index (κ1) is 25.0. The zero-order valence-corrected chi connectivity index (χ0v) is 21.6. The number of nitrogens with one attached hydrogen (secondary N) is 1. The van der Waals surface area contributed by atoms with E-state index in [1.54, 1.807) is 19.5 Å². The fourth-order valence-corrected chi connectivity index (χ4v) is 5.70. The van der Waals surface area contributed by atoms with E-state index in [-0.39, 0.29) is 17.4 Å². The number of aromatic nitrogens is 3. The van der Waals surface area contributed by atoms with Crippen LogP contribution in [-0.4, -0.2) is 75.7 Å². The smallest absolute Gasteiger partial charge is 0.321 e. The van der Waals surface area contributed by atoms with Gasteiger partial charge in [-0.3, -0.25) is 9.78 Å². The number of para-hydroxylation sites is 2. The van der Waals surface area contributed by atoms with Crippen molar-refractivity contribution in [1.29, 1.82) is 0 Å². The zero-order valence-electron chi connectivity index (χ0n) is 20.8. The normalized spacial score (nSPS) is 16.6. The number of nitrogens with zero attached hydrogens (tertiary/aromatic N) is 5. The summed E-state index contributed by atoms with van der Waals surface area (Å²) in [5.74, 6) is 1.04. The standard InChI is InChI=1S/C27H30N6O3S/c1-36-23-8-3-2-7-22(23)31-26(35)32-15-10-27(11-16-32)12-17-33(19-27)24(34)18-37-25-29-14-9-21(30-25)20-6-4-5-13-28-20/h2-9,13-14H,10-12,15-19H2,1H3,(H,31,35). The minimum Gasteiger partial charge on any atom is -0.495 e. The van der Waals surface area contributed by atoms with Crippen LogP contribution in [0.5, 0.6) is 5.75 Å². The van der Waals surface area contributed by atoms with Gasteiger partial charge in [-0.2, -0.15) is 0 Å². The summed E-state index contributed by atoms with van der Waals surface area (Å²) in [6.07, 6.45) is 6.18. The van der Waals surface area contributed by atoms with E-state index in [4.69, 9.17) is 4.74 Å². The topological polar surface area (TPSA) is 101 Å². The molecule has 1 spiro atoms. The molecule has 37 heavy (non-hydrogen) atoms. The van der Waals surface area contributed by atoms with Crippen LogP contribution < -0.4 is 10.1 Å². The monoisotopic (exact) mass is 518 g/mol. The Morgan fingerprint density at radius 2 is 1.70 bits per heavy atom. The van der Waals surface area contributed by atoms with Crippen molar-refractivity contribution < 1.29 is 14.3 Å². The summed E-state index contributed by atoms with van der Waals surface area (Å²) in [5, 5.41) is 3.53. The highest BCUT2D eigenvalue weighted by Gasteiger charge is 2.42. The minimum absolute atomic E-state index is 0.0803. The van der Waals surface area contributed by atoms with Gasteiger partial charge in [0.2, 0.25) is 5.91 Å². The predicted molar refractivity (Wildman–Crippen MR) is 142 cm³/mol. The molecule has 0 atom stereocenters. The second kappa shape index (κ2) is 11.2. The Bertz CT molecular complexity index is 1250. The first-order valence-electron chi connectivity index (χ1n) is 12.4. The number of anilines is 1. The summed E-state index contributed by atoms with van der Waals surface area (Å²) in [4.78, 5) is 42.8. The van der Waals surface area contributed by atoms with Crippen molar-refractivity contribution in [2.24, 2.45) is 5.41 Å². The van der Waals surface area contributed by atoms with Crippen LogP contribution in [0.1, 0.15) is 19.3 Å². The molecule has 10 heteroatoms. The molecule has 2 saturated heterocycles. The molecule has 2 aliphatic heterocycles. The van der Waals surface area contributed by atoms with Gasteiger partial charge in [0.05, 0.1) is 29.9 Å². The van der Waals surface area contributed by atoms with Crippen LogP contribution in [0.25, 0.3) is 11.4 Å². The number of pyridine rings is 1. The van der Waals surface area contributed by atoms with Gasteiger partial charge in [0.15, 0.2) is 5.16 Å². The third-order valence-corrected chi connectivity index (χ3v) is 7.98. The number of likely N-dealkylation sites (tertiary alicyclic amines) is 2. The Hall–Kier alpha value is -3.66. The van der Waals surface area contributed by atoms with Crippen LogP contribution in [0.15, 0.2) is 66.1 Å². The summed E-state index contributed by atoms with van der Waals surface area (Å²) in [6, 6.07) is 14.8. The van der Waals surface area contributed by atoms with Crippen LogP contribution in [0.2, 0.25) is 0 Å². The molecule has 2 aliphatic rings. The molecule has 4 heterocycles. The van der Waals surface area contributed by atoms with Crippen molar-refractivity contribution in [3.63, 3.8) is 0 Å². The average molecular weight is 519 g/mol. The molecule has 2 aromatic heterocycles. The third-order valence-electron chi connectivity index (χ3n) is 7.14. The summed E-state index contributed by atoms with van der Waals surface area (Å²) in [6.45, 7) is 2.84. The van der Waals surface area contributed by atoms with Crippen LogP contribution in [0, 0.1) is 5.41 Å². The van der Waals surface area contributed by atoms with Gasteiger partial charge in [-0.1, -0.05) is 30.0 Å². The molecule has 1 aromatic carbocycles. The molecule has 192 valence electrons. The van der Waals surface area contributed by atoms with Gasteiger partial charge in [0.1, 0.15) is 5.75 Å². The highest BCUT2D eigenvalue weighted by molar-refractivity contribution is 7.99. The number of hydrogen-bond acceptors (Lipinski definition) is 7. The number of amides is 3. The molecule has 0 aliphatic carbocycles. The molecule has 0 bridgehead atoms. The lowest BCUT2D eigenvalue weighted by Crippen LogP contribution is -2.46. The molecule has 9 nitrogen and oxygen atoms in total. The number of carbonyl (C=O) groups excluding carboxylic acids is 2. The molecule has 3 aromatic rings. The summed E-state index contributed by atoms with van der Waals surface area (Å²) < 4.78 is 5.33. The number of thioether (sulfide) groups is 1.